The van der Waals surface area contributed by atoms with Gasteiger partial charge in [0.1, 0.15) is 5.57 Å². The monoisotopic (exact) mass is 514 g/mol. The summed E-state index contributed by atoms with van der Waals surface area (Å²) in [4.78, 5) is 26.5. The third kappa shape index (κ3) is 3.92. The topological polar surface area (TPSA) is 78.9 Å². The van der Waals surface area contributed by atoms with E-state index in [1.165, 1.54) is 24.2 Å². The Morgan fingerprint density at radius 3 is 2.56 bits per heavy atom. The molecular formula is C18H12ClIN2O4S. The van der Waals surface area contributed by atoms with Crippen LogP contribution >= 0.6 is 46.4 Å². The maximum Gasteiger partial charge on any atom is 0.270 e. The summed E-state index contributed by atoms with van der Waals surface area (Å²) < 4.78 is 5.64. The van der Waals surface area contributed by atoms with Gasteiger partial charge in [0.05, 0.1) is 16.4 Å². The Morgan fingerprint density at radius 1 is 1.26 bits per heavy atom. The molecule has 2 aromatic carbocycles. The largest absolute Gasteiger partial charge is 0.504 e. The summed E-state index contributed by atoms with van der Waals surface area (Å²) in [6.45, 7) is 0. The summed E-state index contributed by atoms with van der Waals surface area (Å²) in [5.74, 6) is -0.934. The van der Waals surface area contributed by atoms with E-state index in [9.17, 15) is 14.7 Å². The Morgan fingerprint density at radius 2 is 1.93 bits per heavy atom. The number of anilines is 1. The normalized spacial score (nSPS) is 15.9. The molecule has 9 heteroatoms. The van der Waals surface area contributed by atoms with Crippen LogP contribution in [0.25, 0.3) is 6.08 Å². The molecule has 1 saturated heterocycles. The number of thiocarbonyl (C=S) groups is 1. The number of phenolic OH excluding ortho intramolecular Hbond substituents is 1. The predicted octanol–water partition coefficient (Wildman–Crippen LogP) is 3.49. The molecule has 1 heterocycles. The molecule has 0 atom stereocenters. The standard InChI is InChI=1S/C18H12ClIN2O4S/c1-26-14-8-9(7-13(20)15(14)23)6-12-16(24)21-18(27)22(17(12)25)11-4-2-10(19)3-5-11/h2-8,23H,1H3,(H,21,24,27)/b12-6-. The van der Waals surface area contributed by atoms with Crippen molar-refractivity contribution in [3.05, 3.63) is 56.1 Å². The van der Waals surface area contributed by atoms with Gasteiger partial charge >= 0.3 is 0 Å². The quantitative estimate of drug-likeness (QED) is 0.284. The van der Waals surface area contributed by atoms with Crippen LogP contribution in [0.4, 0.5) is 5.69 Å². The van der Waals surface area contributed by atoms with E-state index in [-0.39, 0.29) is 22.2 Å². The Bertz CT molecular complexity index is 992. The second kappa shape index (κ2) is 7.83. The molecule has 0 saturated carbocycles. The lowest BCUT2D eigenvalue weighted by Gasteiger charge is -2.29. The summed E-state index contributed by atoms with van der Waals surface area (Å²) in [6.07, 6.45) is 1.42. The highest BCUT2D eigenvalue weighted by atomic mass is 127. The maximum atomic E-state index is 12.9. The number of hydrogen-bond donors (Lipinski definition) is 2. The number of methoxy groups -OCH3 is 1. The van der Waals surface area contributed by atoms with Crippen molar-refractivity contribution in [1.82, 2.24) is 5.32 Å². The van der Waals surface area contributed by atoms with Crippen molar-refractivity contribution in [3.8, 4) is 11.5 Å². The summed E-state index contributed by atoms with van der Waals surface area (Å²) >= 11 is 13.0. The molecule has 0 aliphatic carbocycles. The van der Waals surface area contributed by atoms with Crippen molar-refractivity contribution < 1.29 is 19.4 Å². The van der Waals surface area contributed by atoms with Gasteiger partial charge in [-0.15, -0.1) is 0 Å². The van der Waals surface area contributed by atoms with Gasteiger partial charge in [-0.05, 0) is 82.8 Å². The first-order valence-corrected chi connectivity index (χ1v) is 9.42. The molecule has 0 radical (unpaired) electrons. The molecule has 138 valence electrons. The van der Waals surface area contributed by atoms with Crippen molar-refractivity contribution in [2.75, 3.05) is 12.0 Å². The van der Waals surface area contributed by atoms with Crippen LogP contribution in [0.3, 0.4) is 0 Å². The highest BCUT2D eigenvalue weighted by molar-refractivity contribution is 14.1. The Kier molecular flexibility index (Phi) is 5.68. The van der Waals surface area contributed by atoms with E-state index < -0.39 is 11.8 Å². The molecule has 2 amide bonds. The van der Waals surface area contributed by atoms with Gasteiger partial charge in [-0.1, -0.05) is 11.6 Å². The molecule has 0 unspecified atom stereocenters. The van der Waals surface area contributed by atoms with Crippen LogP contribution in [-0.4, -0.2) is 29.1 Å². The minimum absolute atomic E-state index is 0.0105. The molecule has 2 N–H and O–H groups in total. The number of hydrogen-bond acceptors (Lipinski definition) is 5. The Labute approximate surface area is 178 Å². The van der Waals surface area contributed by atoms with Gasteiger partial charge < -0.3 is 9.84 Å². The predicted molar refractivity (Wildman–Crippen MR) is 115 cm³/mol. The van der Waals surface area contributed by atoms with Crippen molar-refractivity contribution in [2.24, 2.45) is 0 Å². The zero-order chi connectivity index (χ0) is 19.7. The first-order valence-electron chi connectivity index (χ1n) is 7.55. The van der Waals surface area contributed by atoms with E-state index in [0.29, 0.717) is 19.8 Å². The molecule has 1 aliphatic rings. The number of halogens is 2. The van der Waals surface area contributed by atoms with Crippen LogP contribution in [-0.2, 0) is 9.59 Å². The van der Waals surface area contributed by atoms with Crippen LogP contribution in [0, 0.1) is 3.57 Å². The molecule has 27 heavy (non-hydrogen) atoms. The van der Waals surface area contributed by atoms with Crippen molar-refractivity contribution >= 4 is 75.1 Å². The van der Waals surface area contributed by atoms with Gasteiger partial charge in [-0.25, -0.2) is 0 Å². The number of ether oxygens (including phenoxy) is 1. The maximum absolute atomic E-state index is 12.9. The van der Waals surface area contributed by atoms with Crippen LogP contribution < -0.4 is 15.0 Å². The summed E-state index contributed by atoms with van der Waals surface area (Å²) in [7, 11) is 1.42. The first kappa shape index (κ1) is 19.6. The summed E-state index contributed by atoms with van der Waals surface area (Å²) in [5, 5.41) is 13.0. The Hall–Kier alpha value is -2.17. The number of phenols is 1. The second-order valence-electron chi connectivity index (χ2n) is 5.49. The number of carbonyl (C=O) groups excluding carboxylic acids is 2. The average Bonchev–Trinajstić information content (AvgIpc) is 2.62. The van der Waals surface area contributed by atoms with Gasteiger partial charge in [-0.2, -0.15) is 0 Å². The lowest BCUT2D eigenvalue weighted by atomic mass is 10.1. The highest BCUT2D eigenvalue weighted by Crippen LogP contribution is 2.33. The van der Waals surface area contributed by atoms with E-state index in [2.05, 4.69) is 5.32 Å². The third-order valence-corrected chi connectivity index (χ3v) is 5.13. The van der Waals surface area contributed by atoms with Gasteiger partial charge in [0.2, 0.25) is 0 Å². The van der Waals surface area contributed by atoms with Gasteiger partial charge in [-0.3, -0.25) is 19.8 Å². The first-order chi connectivity index (χ1) is 12.8. The minimum atomic E-state index is -0.600. The number of benzene rings is 2. The smallest absolute Gasteiger partial charge is 0.270 e. The fourth-order valence-electron chi connectivity index (χ4n) is 2.48. The molecular weight excluding hydrogens is 503 g/mol. The van der Waals surface area contributed by atoms with Crippen LogP contribution in [0.5, 0.6) is 11.5 Å². The summed E-state index contributed by atoms with van der Waals surface area (Å²) in [6, 6.07) is 9.68. The average molecular weight is 515 g/mol. The minimum Gasteiger partial charge on any atom is -0.504 e. The molecule has 3 rings (SSSR count). The van der Waals surface area contributed by atoms with E-state index in [4.69, 9.17) is 28.6 Å². The molecule has 0 aromatic heterocycles. The number of nitrogens with zero attached hydrogens (tertiary/aromatic N) is 1. The zero-order valence-electron chi connectivity index (χ0n) is 13.8. The summed E-state index contributed by atoms with van der Waals surface area (Å²) in [5.41, 5.74) is 0.914. The van der Waals surface area contributed by atoms with E-state index in [1.54, 1.807) is 30.3 Å². The number of nitrogens with one attached hydrogen (secondary N) is 1. The number of aromatic hydroxyl groups is 1. The SMILES string of the molecule is COc1cc(/C=C2/C(=O)NC(=S)N(c3ccc(Cl)cc3)C2=O)cc(I)c1O. The van der Waals surface area contributed by atoms with E-state index in [0.717, 1.165) is 0 Å². The van der Waals surface area contributed by atoms with Crippen LogP contribution in [0.15, 0.2) is 42.0 Å². The molecule has 0 spiro atoms. The third-order valence-electron chi connectivity index (χ3n) is 3.77. The van der Waals surface area contributed by atoms with Crippen LogP contribution in [0.2, 0.25) is 5.02 Å². The number of amides is 2. The molecule has 0 bridgehead atoms. The second-order valence-corrected chi connectivity index (χ2v) is 7.47. The van der Waals surface area contributed by atoms with Crippen molar-refractivity contribution in [2.45, 2.75) is 0 Å². The lowest BCUT2D eigenvalue weighted by Crippen LogP contribution is -2.54. The molecule has 1 aliphatic heterocycles. The van der Waals surface area contributed by atoms with Gasteiger partial charge in [0.25, 0.3) is 11.8 Å². The lowest BCUT2D eigenvalue weighted by molar-refractivity contribution is -0.122. The van der Waals surface area contributed by atoms with Crippen molar-refractivity contribution in [1.29, 1.82) is 0 Å². The Balaban J connectivity index is 2.04. The number of rotatable bonds is 3. The van der Waals surface area contributed by atoms with E-state index in [1.807, 2.05) is 22.6 Å². The molecule has 6 nitrogen and oxygen atoms in total. The van der Waals surface area contributed by atoms with Gasteiger partial charge in [0.15, 0.2) is 16.6 Å². The molecule has 2 aromatic rings. The number of carbonyl (C=O) groups is 2. The fourth-order valence-corrected chi connectivity index (χ4v) is 3.51. The zero-order valence-corrected chi connectivity index (χ0v) is 17.6. The van der Waals surface area contributed by atoms with E-state index >= 15 is 0 Å². The highest BCUT2D eigenvalue weighted by Gasteiger charge is 2.34. The van der Waals surface area contributed by atoms with Crippen molar-refractivity contribution in [3.63, 3.8) is 0 Å². The fraction of sp³-hybridized carbons (Fsp3) is 0.0556. The molecule has 1 fully saturated rings. The van der Waals surface area contributed by atoms with Crippen LogP contribution in [0.1, 0.15) is 5.56 Å². The van der Waals surface area contributed by atoms with Gasteiger partial charge in [0, 0.05) is 5.02 Å².